The largest absolute Gasteiger partial charge is 0.465 e. The van der Waals surface area contributed by atoms with Crippen LogP contribution in [0.25, 0.3) is 15.9 Å². The Hall–Kier alpha value is -2.21. The summed E-state index contributed by atoms with van der Waals surface area (Å²) in [5.41, 5.74) is 0.695. The molecule has 0 saturated carbocycles. The van der Waals surface area contributed by atoms with E-state index in [0.29, 0.717) is 16.6 Å². The first kappa shape index (κ1) is 12.8. The Morgan fingerprint density at radius 1 is 1.45 bits per heavy atom. The summed E-state index contributed by atoms with van der Waals surface area (Å²) in [6, 6.07) is 5.12. The molecule has 20 heavy (non-hydrogen) atoms. The van der Waals surface area contributed by atoms with Gasteiger partial charge in [0.15, 0.2) is 0 Å². The molecule has 0 unspecified atom stereocenters. The monoisotopic (exact) mass is 288 g/mol. The first-order valence-corrected chi connectivity index (χ1v) is 6.99. The molecule has 0 atom stereocenters. The Labute approximate surface area is 118 Å². The molecule has 6 heteroatoms. The van der Waals surface area contributed by atoms with Crippen molar-refractivity contribution in [1.29, 1.82) is 0 Å². The average Bonchev–Trinajstić information content (AvgIpc) is 2.90. The Bertz CT molecular complexity index is 879. The number of hydrogen-bond donors (Lipinski definition) is 0. The third-order valence-electron chi connectivity index (χ3n) is 3.13. The van der Waals surface area contributed by atoms with Crippen LogP contribution in [0.1, 0.15) is 22.2 Å². The summed E-state index contributed by atoms with van der Waals surface area (Å²) < 4.78 is 6.05. The molecule has 0 saturated heterocycles. The fourth-order valence-electron chi connectivity index (χ4n) is 2.06. The maximum absolute atomic E-state index is 12.5. The van der Waals surface area contributed by atoms with Gasteiger partial charge in [0, 0.05) is 11.1 Å². The summed E-state index contributed by atoms with van der Waals surface area (Å²) in [5.74, 6) is -0.474. The number of esters is 1. The molecule has 0 aliphatic heterocycles. The number of thiophene rings is 1. The summed E-state index contributed by atoms with van der Waals surface area (Å²) in [6.07, 6.45) is 2.34. The molecule has 0 spiro atoms. The third-order valence-corrected chi connectivity index (χ3v) is 4.30. The van der Waals surface area contributed by atoms with Crippen LogP contribution >= 0.6 is 11.3 Å². The average molecular weight is 288 g/mol. The van der Waals surface area contributed by atoms with E-state index in [1.807, 2.05) is 13.0 Å². The Morgan fingerprint density at radius 3 is 2.95 bits per heavy atom. The second-order valence-electron chi connectivity index (χ2n) is 4.34. The van der Waals surface area contributed by atoms with Crippen molar-refractivity contribution < 1.29 is 9.53 Å². The summed E-state index contributed by atoms with van der Waals surface area (Å²) in [6.45, 7) is 2.04. The fraction of sp³-hybridized carbons (Fsp3) is 0.214. The standard InChI is InChI=1S/C14H12N2O3S/c1-3-9-6-10-12(20-9)15-11-5-4-8(14(18)19-2)7-16(11)13(10)17/h4-7H,3H2,1-2H3. The summed E-state index contributed by atoms with van der Waals surface area (Å²) in [7, 11) is 1.31. The number of rotatable bonds is 2. The minimum Gasteiger partial charge on any atom is -0.465 e. The zero-order valence-corrected chi connectivity index (χ0v) is 11.9. The van der Waals surface area contributed by atoms with Gasteiger partial charge in [0.25, 0.3) is 5.56 Å². The van der Waals surface area contributed by atoms with Crippen LogP contribution in [0.4, 0.5) is 0 Å². The van der Waals surface area contributed by atoms with E-state index in [-0.39, 0.29) is 5.56 Å². The van der Waals surface area contributed by atoms with E-state index in [4.69, 9.17) is 0 Å². The summed E-state index contributed by atoms with van der Waals surface area (Å²) in [4.78, 5) is 30.3. The number of aryl methyl sites for hydroxylation is 1. The predicted molar refractivity (Wildman–Crippen MR) is 77.6 cm³/mol. The van der Waals surface area contributed by atoms with Crippen LogP contribution in [0.3, 0.4) is 0 Å². The highest BCUT2D eigenvalue weighted by Crippen LogP contribution is 2.22. The van der Waals surface area contributed by atoms with Crippen molar-refractivity contribution in [3.8, 4) is 0 Å². The van der Waals surface area contributed by atoms with Gasteiger partial charge in [0.1, 0.15) is 10.5 Å². The van der Waals surface area contributed by atoms with E-state index in [1.54, 1.807) is 12.1 Å². The third kappa shape index (κ3) is 1.89. The van der Waals surface area contributed by atoms with Gasteiger partial charge in [-0.05, 0) is 24.6 Å². The highest BCUT2D eigenvalue weighted by atomic mass is 32.1. The first-order chi connectivity index (χ1) is 9.63. The number of carbonyl (C=O) groups is 1. The van der Waals surface area contributed by atoms with Crippen molar-refractivity contribution in [2.24, 2.45) is 0 Å². The second kappa shape index (κ2) is 4.72. The van der Waals surface area contributed by atoms with Crippen LogP contribution in [-0.2, 0) is 11.2 Å². The van der Waals surface area contributed by atoms with Crippen LogP contribution in [0.2, 0.25) is 0 Å². The molecule has 0 fully saturated rings. The highest BCUT2D eigenvalue weighted by Gasteiger charge is 2.12. The van der Waals surface area contributed by atoms with E-state index in [2.05, 4.69) is 9.72 Å². The molecule has 3 heterocycles. The van der Waals surface area contributed by atoms with Crippen molar-refractivity contribution in [3.63, 3.8) is 0 Å². The Kier molecular flexibility index (Phi) is 3.02. The lowest BCUT2D eigenvalue weighted by molar-refractivity contribution is 0.0600. The molecule has 0 aliphatic rings. The summed E-state index contributed by atoms with van der Waals surface area (Å²) >= 11 is 1.53. The zero-order chi connectivity index (χ0) is 14.3. The zero-order valence-electron chi connectivity index (χ0n) is 11.0. The lowest BCUT2D eigenvalue weighted by Crippen LogP contribution is -2.16. The van der Waals surface area contributed by atoms with Gasteiger partial charge in [-0.2, -0.15) is 0 Å². The topological polar surface area (TPSA) is 60.7 Å². The van der Waals surface area contributed by atoms with Gasteiger partial charge in [-0.3, -0.25) is 9.20 Å². The van der Waals surface area contributed by atoms with Gasteiger partial charge in [0.2, 0.25) is 0 Å². The van der Waals surface area contributed by atoms with Crippen LogP contribution in [0.15, 0.2) is 29.2 Å². The second-order valence-corrected chi connectivity index (χ2v) is 5.45. The lowest BCUT2D eigenvalue weighted by Gasteiger charge is -2.03. The molecular weight excluding hydrogens is 276 g/mol. The number of carbonyl (C=O) groups excluding carboxylic acids is 1. The Morgan fingerprint density at radius 2 is 2.25 bits per heavy atom. The Balaban J connectivity index is 2.34. The lowest BCUT2D eigenvalue weighted by atomic mass is 10.2. The normalized spacial score (nSPS) is 11.1. The summed E-state index contributed by atoms with van der Waals surface area (Å²) in [5, 5.41) is 0.589. The molecule has 5 nitrogen and oxygen atoms in total. The molecule has 102 valence electrons. The van der Waals surface area contributed by atoms with Gasteiger partial charge in [-0.25, -0.2) is 9.78 Å². The molecule has 0 N–H and O–H groups in total. The predicted octanol–water partition coefficient (Wildman–Crippen LogP) is 2.26. The molecule has 3 rings (SSSR count). The maximum Gasteiger partial charge on any atom is 0.339 e. The van der Waals surface area contributed by atoms with Crippen LogP contribution in [-0.4, -0.2) is 22.5 Å². The van der Waals surface area contributed by atoms with Gasteiger partial charge in [-0.15, -0.1) is 11.3 Å². The first-order valence-electron chi connectivity index (χ1n) is 6.17. The van der Waals surface area contributed by atoms with Crippen molar-refractivity contribution in [3.05, 3.63) is 45.2 Å². The quantitative estimate of drug-likeness (QED) is 0.679. The van der Waals surface area contributed by atoms with E-state index < -0.39 is 5.97 Å². The number of ether oxygens (including phenoxy) is 1. The van der Waals surface area contributed by atoms with Gasteiger partial charge in [0.05, 0.1) is 18.1 Å². The molecular formula is C14H12N2O3S. The van der Waals surface area contributed by atoms with Crippen LogP contribution in [0.5, 0.6) is 0 Å². The van der Waals surface area contributed by atoms with E-state index in [9.17, 15) is 9.59 Å². The van der Waals surface area contributed by atoms with E-state index in [0.717, 1.165) is 16.1 Å². The number of methoxy groups -OCH3 is 1. The van der Waals surface area contributed by atoms with Gasteiger partial charge >= 0.3 is 5.97 Å². The van der Waals surface area contributed by atoms with Crippen molar-refractivity contribution in [2.45, 2.75) is 13.3 Å². The fourth-order valence-corrected chi connectivity index (χ4v) is 3.03. The van der Waals surface area contributed by atoms with Gasteiger partial charge < -0.3 is 4.74 Å². The number of aromatic nitrogens is 2. The highest BCUT2D eigenvalue weighted by molar-refractivity contribution is 7.18. The molecule has 0 aromatic carbocycles. The van der Waals surface area contributed by atoms with Crippen LogP contribution in [0, 0.1) is 0 Å². The maximum atomic E-state index is 12.5. The SMILES string of the molecule is CCc1cc2c(=O)n3cc(C(=O)OC)ccc3nc2s1. The molecule has 0 bridgehead atoms. The van der Waals surface area contributed by atoms with E-state index >= 15 is 0 Å². The molecule has 3 aromatic heterocycles. The minimum absolute atomic E-state index is 0.160. The molecule has 0 radical (unpaired) electrons. The molecule has 0 amide bonds. The number of nitrogens with zero attached hydrogens (tertiary/aromatic N) is 2. The van der Waals surface area contributed by atoms with Crippen molar-refractivity contribution >= 4 is 33.2 Å². The number of pyridine rings is 1. The van der Waals surface area contributed by atoms with Crippen molar-refractivity contribution in [1.82, 2.24) is 9.38 Å². The molecule has 3 aromatic rings. The number of hydrogen-bond acceptors (Lipinski definition) is 5. The number of fused-ring (bicyclic) bond motifs is 2. The van der Waals surface area contributed by atoms with E-state index in [1.165, 1.54) is 29.0 Å². The van der Waals surface area contributed by atoms with Crippen LogP contribution < -0.4 is 5.56 Å². The van der Waals surface area contributed by atoms with Gasteiger partial charge in [-0.1, -0.05) is 6.92 Å². The van der Waals surface area contributed by atoms with Crippen molar-refractivity contribution in [2.75, 3.05) is 7.11 Å². The minimum atomic E-state index is -0.474. The molecule has 0 aliphatic carbocycles. The smallest absolute Gasteiger partial charge is 0.339 e.